The molecule has 1 aromatic heterocycles. The number of rotatable bonds is 4. The third-order valence-electron chi connectivity index (χ3n) is 3.41. The summed E-state index contributed by atoms with van der Waals surface area (Å²) in [7, 11) is 0. The minimum Gasteiger partial charge on any atom is -0.393 e. The predicted octanol–water partition coefficient (Wildman–Crippen LogP) is 1.47. The molecule has 5 nitrogen and oxygen atoms in total. The van der Waals surface area contributed by atoms with Gasteiger partial charge in [-0.05, 0) is 19.8 Å². The van der Waals surface area contributed by atoms with E-state index in [1.54, 1.807) is 11.8 Å². The van der Waals surface area contributed by atoms with Crippen molar-refractivity contribution in [3.63, 3.8) is 0 Å². The molecule has 1 N–H and O–H groups in total. The van der Waals surface area contributed by atoms with Crippen molar-refractivity contribution in [2.45, 2.75) is 39.3 Å². The first-order chi connectivity index (χ1) is 9.10. The number of hydrogen-bond donors (Lipinski definition) is 1. The SMILES string of the molecule is CCN(C(C)=O)c1nc(CN2CCC(O)CC2)cs1. The highest BCUT2D eigenvalue weighted by molar-refractivity contribution is 7.14. The van der Waals surface area contributed by atoms with Gasteiger partial charge in [0, 0.05) is 38.5 Å². The Hall–Kier alpha value is -0.980. The molecule has 2 heterocycles. The van der Waals surface area contributed by atoms with Crippen LogP contribution in [-0.2, 0) is 11.3 Å². The number of piperidine rings is 1. The summed E-state index contributed by atoms with van der Waals surface area (Å²) in [4.78, 5) is 20.0. The Morgan fingerprint density at radius 3 is 2.84 bits per heavy atom. The van der Waals surface area contributed by atoms with Crippen molar-refractivity contribution in [3.8, 4) is 0 Å². The molecule has 0 spiro atoms. The van der Waals surface area contributed by atoms with Gasteiger partial charge >= 0.3 is 0 Å². The van der Waals surface area contributed by atoms with Crippen LogP contribution in [-0.4, -0.2) is 46.6 Å². The number of aliphatic hydroxyl groups is 1. The van der Waals surface area contributed by atoms with Crippen LogP contribution < -0.4 is 4.90 Å². The maximum atomic E-state index is 11.5. The largest absolute Gasteiger partial charge is 0.393 e. The highest BCUT2D eigenvalue weighted by Crippen LogP contribution is 2.22. The number of amides is 1. The topological polar surface area (TPSA) is 56.7 Å². The van der Waals surface area contributed by atoms with Crippen LogP contribution in [0, 0.1) is 0 Å². The van der Waals surface area contributed by atoms with Gasteiger partial charge in [-0.2, -0.15) is 0 Å². The molecule has 0 aromatic carbocycles. The summed E-state index contributed by atoms with van der Waals surface area (Å²) < 4.78 is 0. The number of thiazole rings is 1. The fraction of sp³-hybridized carbons (Fsp3) is 0.692. The Morgan fingerprint density at radius 2 is 2.26 bits per heavy atom. The van der Waals surface area contributed by atoms with E-state index in [0.717, 1.165) is 43.3 Å². The zero-order valence-electron chi connectivity index (χ0n) is 11.5. The fourth-order valence-corrected chi connectivity index (χ4v) is 3.22. The summed E-state index contributed by atoms with van der Waals surface area (Å²) in [5.74, 6) is 0.0319. The number of aromatic nitrogens is 1. The van der Waals surface area contributed by atoms with Crippen LogP contribution in [0.4, 0.5) is 5.13 Å². The Kier molecular flexibility index (Phi) is 4.90. The average Bonchev–Trinajstić information content (AvgIpc) is 2.81. The van der Waals surface area contributed by atoms with Crippen molar-refractivity contribution in [1.82, 2.24) is 9.88 Å². The van der Waals surface area contributed by atoms with Gasteiger partial charge in [-0.15, -0.1) is 11.3 Å². The summed E-state index contributed by atoms with van der Waals surface area (Å²) in [6.45, 7) is 6.80. The Bertz CT molecular complexity index is 427. The van der Waals surface area contributed by atoms with Gasteiger partial charge in [0.2, 0.25) is 5.91 Å². The van der Waals surface area contributed by atoms with Crippen molar-refractivity contribution < 1.29 is 9.90 Å². The molecule has 2 rings (SSSR count). The molecule has 0 bridgehead atoms. The van der Waals surface area contributed by atoms with Crippen molar-refractivity contribution in [3.05, 3.63) is 11.1 Å². The summed E-state index contributed by atoms with van der Waals surface area (Å²) in [5.41, 5.74) is 1.01. The number of carbonyl (C=O) groups excluding carboxylic acids is 1. The van der Waals surface area contributed by atoms with E-state index in [0.29, 0.717) is 6.54 Å². The van der Waals surface area contributed by atoms with E-state index in [2.05, 4.69) is 9.88 Å². The molecule has 1 aliphatic rings. The lowest BCUT2D eigenvalue weighted by atomic mass is 10.1. The number of aliphatic hydroxyl groups excluding tert-OH is 1. The normalized spacial score (nSPS) is 17.6. The molecule has 0 unspecified atom stereocenters. The van der Waals surface area contributed by atoms with Crippen molar-refractivity contribution >= 4 is 22.4 Å². The van der Waals surface area contributed by atoms with E-state index < -0.39 is 0 Å². The van der Waals surface area contributed by atoms with E-state index in [9.17, 15) is 9.90 Å². The van der Waals surface area contributed by atoms with E-state index in [-0.39, 0.29) is 12.0 Å². The third kappa shape index (κ3) is 3.75. The van der Waals surface area contributed by atoms with Gasteiger partial charge in [-0.3, -0.25) is 14.6 Å². The van der Waals surface area contributed by atoms with Crippen LogP contribution >= 0.6 is 11.3 Å². The lowest BCUT2D eigenvalue weighted by Crippen LogP contribution is -2.35. The lowest BCUT2D eigenvalue weighted by Gasteiger charge is -2.28. The van der Waals surface area contributed by atoms with Gasteiger partial charge in [-0.25, -0.2) is 4.98 Å². The minimum absolute atomic E-state index is 0.0319. The van der Waals surface area contributed by atoms with E-state index in [4.69, 9.17) is 0 Å². The molecule has 1 aliphatic heterocycles. The first kappa shape index (κ1) is 14.4. The zero-order chi connectivity index (χ0) is 13.8. The van der Waals surface area contributed by atoms with Gasteiger partial charge < -0.3 is 5.11 Å². The highest BCUT2D eigenvalue weighted by atomic mass is 32.1. The minimum atomic E-state index is -0.143. The number of carbonyl (C=O) groups is 1. The fourth-order valence-electron chi connectivity index (χ4n) is 2.29. The standard InChI is InChI=1S/C13H21N3O2S/c1-3-16(10(2)17)13-14-11(9-19-13)8-15-6-4-12(18)5-7-15/h9,12,18H,3-8H2,1-2H3. The van der Waals surface area contributed by atoms with Crippen molar-refractivity contribution in [2.24, 2.45) is 0 Å². The summed E-state index contributed by atoms with van der Waals surface area (Å²) >= 11 is 1.52. The Labute approximate surface area is 117 Å². The molecule has 1 fully saturated rings. The van der Waals surface area contributed by atoms with Gasteiger partial charge in [0.1, 0.15) is 0 Å². The number of anilines is 1. The van der Waals surface area contributed by atoms with Crippen LogP contribution in [0.1, 0.15) is 32.4 Å². The molecule has 1 aromatic rings. The second kappa shape index (κ2) is 6.45. The van der Waals surface area contributed by atoms with E-state index >= 15 is 0 Å². The molecule has 1 saturated heterocycles. The number of likely N-dealkylation sites (tertiary alicyclic amines) is 1. The van der Waals surface area contributed by atoms with Crippen LogP contribution in [0.15, 0.2) is 5.38 Å². The molecule has 106 valence electrons. The first-order valence-electron chi connectivity index (χ1n) is 6.73. The highest BCUT2D eigenvalue weighted by Gasteiger charge is 2.19. The van der Waals surface area contributed by atoms with Crippen LogP contribution in [0.25, 0.3) is 0 Å². The average molecular weight is 283 g/mol. The van der Waals surface area contributed by atoms with Gasteiger partial charge in [0.15, 0.2) is 5.13 Å². The van der Waals surface area contributed by atoms with E-state index in [1.807, 2.05) is 12.3 Å². The van der Waals surface area contributed by atoms with Gasteiger partial charge in [0.25, 0.3) is 0 Å². The monoisotopic (exact) mass is 283 g/mol. The smallest absolute Gasteiger partial charge is 0.225 e. The predicted molar refractivity (Wildman–Crippen MR) is 76.3 cm³/mol. The lowest BCUT2D eigenvalue weighted by molar-refractivity contribution is -0.116. The Balaban J connectivity index is 1.95. The third-order valence-corrected chi connectivity index (χ3v) is 4.32. The second-order valence-corrected chi connectivity index (χ2v) is 5.73. The number of nitrogens with zero attached hydrogens (tertiary/aromatic N) is 3. The Morgan fingerprint density at radius 1 is 1.58 bits per heavy atom. The number of hydrogen-bond acceptors (Lipinski definition) is 5. The molecule has 19 heavy (non-hydrogen) atoms. The molecule has 0 aliphatic carbocycles. The molecule has 1 amide bonds. The maximum absolute atomic E-state index is 11.5. The van der Waals surface area contributed by atoms with Gasteiger partial charge in [-0.1, -0.05) is 0 Å². The molecular weight excluding hydrogens is 262 g/mol. The second-order valence-electron chi connectivity index (χ2n) is 4.89. The van der Waals surface area contributed by atoms with Crippen molar-refractivity contribution in [1.29, 1.82) is 0 Å². The summed E-state index contributed by atoms with van der Waals surface area (Å²) in [6, 6.07) is 0. The summed E-state index contributed by atoms with van der Waals surface area (Å²) in [5, 5.41) is 12.3. The van der Waals surface area contributed by atoms with Crippen LogP contribution in [0.5, 0.6) is 0 Å². The summed E-state index contributed by atoms with van der Waals surface area (Å²) in [6.07, 6.45) is 1.53. The van der Waals surface area contributed by atoms with Crippen LogP contribution in [0.3, 0.4) is 0 Å². The quantitative estimate of drug-likeness (QED) is 0.909. The molecule has 0 saturated carbocycles. The first-order valence-corrected chi connectivity index (χ1v) is 7.61. The van der Waals surface area contributed by atoms with Crippen LogP contribution in [0.2, 0.25) is 0 Å². The van der Waals surface area contributed by atoms with Crippen molar-refractivity contribution in [2.75, 3.05) is 24.5 Å². The molecule has 0 atom stereocenters. The maximum Gasteiger partial charge on any atom is 0.225 e. The van der Waals surface area contributed by atoms with Gasteiger partial charge in [0.05, 0.1) is 11.8 Å². The zero-order valence-corrected chi connectivity index (χ0v) is 12.3. The van der Waals surface area contributed by atoms with E-state index in [1.165, 1.54) is 11.3 Å². The molecule has 6 heteroatoms. The molecular formula is C13H21N3O2S. The molecule has 0 radical (unpaired) electrons.